The van der Waals surface area contributed by atoms with Gasteiger partial charge in [-0.3, -0.25) is 24.2 Å². The highest BCUT2D eigenvalue weighted by atomic mass is 16.5. The molecule has 0 heterocycles. The van der Waals surface area contributed by atoms with Crippen molar-refractivity contribution >= 4 is 58.3 Å². The lowest BCUT2D eigenvalue weighted by Crippen LogP contribution is -2.29. The molecule has 0 fully saturated rings. The number of Topliss-reactive ketones (excluding diaryl/α,β-unsaturated/α-hetero) is 1. The Labute approximate surface area is 353 Å². The second-order valence-corrected chi connectivity index (χ2v) is 14.6. The second-order valence-electron chi connectivity index (χ2n) is 14.6. The molecule has 4 aromatic rings. The van der Waals surface area contributed by atoms with Gasteiger partial charge in [0.25, 0.3) is 11.8 Å². The van der Waals surface area contributed by atoms with Crippen LogP contribution in [0.5, 0.6) is 0 Å². The Balaban J connectivity index is 1.32. The number of aliphatic hydroxyl groups is 1. The normalized spacial score (nSPS) is 12.5. The van der Waals surface area contributed by atoms with Crippen molar-refractivity contribution in [3.05, 3.63) is 136 Å². The minimum absolute atomic E-state index is 0.0856. The summed E-state index contributed by atoms with van der Waals surface area (Å²) < 4.78 is 15.2. The van der Waals surface area contributed by atoms with Gasteiger partial charge < -0.3 is 30.0 Å². The number of carbonyl (C=O) groups is 6. The Kier molecular flexibility index (Phi) is 16.5. The van der Waals surface area contributed by atoms with Crippen LogP contribution in [0.1, 0.15) is 84.4 Å². The molecule has 318 valence electrons. The SMILES string of the molecule is COC(=O)c1ccc(C(=O)OC)c(CN=C(C(C)=O)C(=O)Nc2ccc(NC(=O)C(N=Nc3ccc(CCOC(=O)C(C)(C)CC(C)c4ccccc4)cc3)=C(C)O)cc2)c1. The highest BCUT2D eigenvalue weighted by molar-refractivity contribution is 6.67. The number of hydrogen-bond acceptors (Lipinski definition) is 13. The number of carbonyl (C=O) groups excluding carboxylic acids is 6. The number of nitrogens with zero attached hydrogens (tertiary/aromatic N) is 3. The predicted molar refractivity (Wildman–Crippen MR) is 229 cm³/mol. The van der Waals surface area contributed by atoms with Crippen LogP contribution in [0.25, 0.3) is 0 Å². The maximum Gasteiger partial charge on any atom is 0.338 e. The highest BCUT2D eigenvalue weighted by Gasteiger charge is 2.31. The number of nitrogens with one attached hydrogen (secondary N) is 2. The maximum atomic E-state index is 13.1. The van der Waals surface area contributed by atoms with Crippen LogP contribution >= 0.6 is 0 Å². The van der Waals surface area contributed by atoms with E-state index in [1.807, 2.05) is 32.0 Å². The lowest BCUT2D eigenvalue weighted by molar-refractivity contribution is -0.154. The molecular weight excluding hydrogens is 783 g/mol. The molecule has 0 bridgehead atoms. The highest BCUT2D eigenvalue weighted by Crippen LogP contribution is 2.32. The molecular formula is C46H49N5O10. The molecule has 15 nitrogen and oxygen atoms in total. The summed E-state index contributed by atoms with van der Waals surface area (Å²) in [4.78, 5) is 80.0. The lowest BCUT2D eigenvalue weighted by Gasteiger charge is -2.26. The van der Waals surface area contributed by atoms with Gasteiger partial charge in [-0.1, -0.05) is 49.4 Å². The molecule has 4 rings (SSSR count). The van der Waals surface area contributed by atoms with Gasteiger partial charge in [-0.05, 0) is 104 Å². The quantitative estimate of drug-likeness (QED) is 0.0166. The van der Waals surface area contributed by atoms with Crippen LogP contribution in [0, 0.1) is 5.41 Å². The number of azo groups is 1. The minimum atomic E-state index is -0.838. The van der Waals surface area contributed by atoms with Gasteiger partial charge in [-0.2, -0.15) is 5.11 Å². The topological polar surface area (TPSA) is 211 Å². The number of amides is 2. The smallest absolute Gasteiger partial charge is 0.338 e. The first kappa shape index (κ1) is 46.4. The van der Waals surface area contributed by atoms with E-state index in [1.54, 1.807) is 24.3 Å². The van der Waals surface area contributed by atoms with E-state index in [0.717, 1.165) is 12.5 Å². The summed E-state index contributed by atoms with van der Waals surface area (Å²) in [7, 11) is 2.39. The molecule has 0 saturated heterocycles. The largest absolute Gasteiger partial charge is 0.510 e. The number of anilines is 2. The van der Waals surface area contributed by atoms with Gasteiger partial charge in [0, 0.05) is 24.7 Å². The van der Waals surface area contributed by atoms with E-state index in [1.165, 1.54) is 69.2 Å². The van der Waals surface area contributed by atoms with Crippen molar-refractivity contribution in [2.75, 3.05) is 31.5 Å². The molecule has 4 aromatic carbocycles. The van der Waals surface area contributed by atoms with E-state index in [0.29, 0.717) is 18.5 Å². The molecule has 3 N–H and O–H groups in total. The third-order valence-electron chi connectivity index (χ3n) is 9.41. The molecule has 0 saturated carbocycles. The number of hydrogen-bond donors (Lipinski definition) is 3. The zero-order chi connectivity index (χ0) is 44.7. The van der Waals surface area contributed by atoms with E-state index >= 15 is 0 Å². The molecule has 0 spiro atoms. The van der Waals surface area contributed by atoms with Crippen LogP contribution in [0.2, 0.25) is 0 Å². The Bertz CT molecular complexity index is 2330. The first-order chi connectivity index (χ1) is 29.0. The van der Waals surface area contributed by atoms with Crippen molar-refractivity contribution in [1.82, 2.24) is 0 Å². The van der Waals surface area contributed by atoms with Crippen molar-refractivity contribution < 1.29 is 48.1 Å². The van der Waals surface area contributed by atoms with Crippen molar-refractivity contribution in [1.29, 1.82) is 0 Å². The summed E-state index contributed by atoms with van der Waals surface area (Å²) >= 11 is 0. The Morgan fingerprint density at radius 2 is 1.38 bits per heavy atom. The van der Waals surface area contributed by atoms with Gasteiger partial charge in [-0.25, -0.2) is 9.59 Å². The Hall–Kier alpha value is -7.29. The maximum absolute atomic E-state index is 13.1. The number of ketones is 1. The minimum Gasteiger partial charge on any atom is -0.510 e. The first-order valence-electron chi connectivity index (χ1n) is 19.2. The number of esters is 3. The standard InChI is InChI=1S/C46H49N5O10/c1-28(32-11-9-8-10-12-32)26-46(4,5)45(58)61-24-23-31-13-16-37(17-14-31)50-51-40(30(3)53)42(55)49-36-20-18-35(19-21-36)48-41(54)39(29(2)52)47-27-34-25-33(43(56)59-6)15-22-38(34)44(57)60-7/h8-22,25,28,53H,23-24,26-27H2,1-7H3,(H,48,54)(H,49,55). The molecule has 1 unspecified atom stereocenters. The molecule has 0 aromatic heterocycles. The van der Waals surface area contributed by atoms with Crippen molar-refractivity contribution in [2.24, 2.45) is 20.6 Å². The van der Waals surface area contributed by atoms with E-state index in [9.17, 15) is 33.9 Å². The number of allylic oxidation sites excluding steroid dienone is 1. The monoisotopic (exact) mass is 831 g/mol. The number of methoxy groups -OCH3 is 2. The summed E-state index contributed by atoms with van der Waals surface area (Å²) in [6, 6.07) is 27.0. The average Bonchev–Trinajstić information content (AvgIpc) is 3.24. The third-order valence-corrected chi connectivity index (χ3v) is 9.41. The van der Waals surface area contributed by atoms with Crippen molar-refractivity contribution in [3.8, 4) is 0 Å². The van der Waals surface area contributed by atoms with Crippen LogP contribution in [-0.2, 0) is 46.4 Å². The van der Waals surface area contributed by atoms with E-state index in [4.69, 9.17) is 14.2 Å². The number of rotatable bonds is 18. The first-order valence-corrected chi connectivity index (χ1v) is 19.2. The molecule has 0 aliphatic rings. The van der Waals surface area contributed by atoms with Crippen molar-refractivity contribution in [3.63, 3.8) is 0 Å². The summed E-state index contributed by atoms with van der Waals surface area (Å²) in [5.41, 5.74) is 2.02. The summed E-state index contributed by atoms with van der Waals surface area (Å²) in [6.45, 7) is 8.22. The average molecular weight is 832 g/mol. The Morgan fingerprint density at radius 3 is 1.95 bits per heavy atom. The number of aliphatic hydroxyl groups excluding tert-OH is 1. The second kappa shape index (κ2) is 21.6. The molecule has 0 aliphatic carbocycles. The van der Waals surface area contributed by atoms with E-state index < -0.39 is 40.7 Å². The zero-order valence-electron chi connectivity index (χ0n) is 35.1. The Morgan fingerprint density at radius 1 is 0.770 bits per heavy atom. The number of aliphatic imine (C=N–C) groups is 1. The van der Waals surface area contributed by atoms with Gasteiger partial charge in [0.05, 0.1) is 49.6 Å². The number of ether oxygens (including phenoxy) is 3. The molecule has 2 amide bonds. The van der Waals surface area contributed by atoms with Gasteiger partial charge >= 0.3 is 17.9 Å². The van der Waals surface area contributed by atoms with Crippen LogP contribution in [0.15, 0.2) is 124 Å². The third kappa shape index (κ3) is 13.4. The van der Waals surface area contributed by atoms with Crippen LogP contribution in [0.3, 0.4) is 0 Å². The van der Waals surface area contributed by atoms with Gasteiger partial charge in [-0.15, -0.1) is 5.11 Å². The summed E-state index contributed by atoms with van der Waals surface area (Å²) in [6.07, 6.45) is 1.13. The van der Waals surface area contributed by atoms with Crippen LogP contribution < -0.4 is 10.6 Å². The molecule has 0 radical (unpaired) electrons. The van der Waals surface area contributed by atoms with Gasteiger partial charge in [0.1, 0.15) is 5.76 Å². The van der Waals surface area contributed by atoms with Crippen LogP contribution in [-0.4, -0.2) is 67.2 Å². The zero-order valence-corrected chi connectivity index (χ0v) is 35.1. The van der Waals surface area contributed by atoms with Gasteiger partial charge in [0.2, 0.25) is 0 Å². The fraction of sp³-hybridized carbons (Fsp3) is 0.283. The van der Waals surface area contributed by atoms with E-state index in [2.05, 4.69) is 44.9 Å². The van der Waals surface area contributed by atoms with E-state index in [-0.39, 0.29) is 64.6 Å². The fourth-order valence-corrected chi connectivity index (χ4v) is 6.13. The summed E-state index contributed by atoms with van der Waals surface area (Å²) in [5.74, 6) is -4.06. The van der Waals surface area contributed by atoms with Crippen LogP contribution in [0.4, 0.5) is 17.1 Å². The predicted octanol–water partition coefficient (Wildman–Crippen LogP) is 8.25. The lowest BCUT2D eigenvalue weighted by atomic mass is 9.81. The molecule has 61 heavy (non-hydrogen) atoms. The molecule has 15 heteroatoms. The van der Waals surface area contributed by atoms with Gasteiger partial charge in [0.15, 0.2) is 17.2 Å². The molecule has 1 atom stereocenters. The summed E-state index contributed by atoms with van der Waals surface area (Å²) in [5, 5.41) is 23.5. The fourth-order valence-electron chi connectivity index (χ4n) is 6.13. The number of benzene rings is 4. The molecule has 0 aliphatic heterocycles. The van der Waals surface area contributed by atoms with Crippen molar-refractivity contribution in [2.45, 2.75) is 59.9 Å².